The fourth-order valence-corrected chi connectivity index (χ4v) is 1.87. The quantitative estimate of drug-likeness (QED) is 0.797. The summed E-state index contributed by atoms with van der Waals surface area (Å²) in [7, 11) is 1.37. The SMILES string of the molecule is CCOC(C)c1ccc(Br)cc1C(=O)OC. The molecule has 16 heavy (non-hydrogen) atoms. The predicted molar refractivity (Wildman–Crippen MR) is 65.5 cm³/mol. The van der Waals surface area contributed by atoms with E-state index in [4.69, 9.17) is 9.47 Å². The second-order valence-electron chi connectivity index (χ2n) is 3.32. The molecule has 88 valence electrons. The van der Waals surface area contributed by atoms with Gasteiger partial charge in [0.1, 0.15) is 0 Å². The van der Waals surface area contributed by atoms with E-state index < -0.39 is 0 Å². The van der Waals surface area contributed by atoms with Crippen LogP contribution in [0, 0.1) is 0 Å². The number of methoxy groups -OCH3 is 1. The van der Waals surface area contributed by atoms with Crippen molar-refractivity contribution in [3.05, 3.63) is 33.8 Å². The van der Waals surface area contributed by atoms with Gasteiger partial charge in [-0.2, -0.15) is 0 Å². The highest BCUT2D eigenvalue weighted by molar-refractivity contribution is 9.10. The van der Waals surface area contributed by atoms with Crippen LogP contribution in [0.4, 0.5) is 0 Å². The summed E-state index contributed by atoms with van der Waals surface area (Å²) in [6.07, 6.45) is -0.118. The van der Waals surface area contributed by atoms with Crippen molar-refractivity contribution in [3.63, 3.8) is 0 Å². The molecule has 0 aliphatic carbocycles. The van der Waals surface area contributed by atoms with Gasteiger partial charge in [-0.05, 0) is 31.5 Å². The van der Waals surface area contributed by atoms with E-state index in [0.29, 0.717) is 12.2 Å². The first kappa shape index (κ1) is 13.2. The minimum Gasteiger partial charge on any atom is -0.465 e. The summed E-state index contributed by atoms with van der Waals surface area (Å²) in [6.45, 7) is 4.45. The van der Waals surface area contributed by atoms with Crippen LogP contribution < -0.4 is 0 Å². The fourth-order valence-electron chi connectivity index (χ4n) is 1.51. The molecule has 4 heteroatoms. The van der Waals surface area contributed by atoms with Crippen LogP contribution in [0.15, 0.2) is 22.7 Å². The first-order valence-corrected chi connectivity index (χ1v) is 5.88. The lowest BCUT2D eigenvalue weighted by molar-refractivity contribution is 0.0567. The van der Waals surface area contributed by atoms with Crippen molar-refractivity contribution in [1.29, 1.82) is 0 Å². The number of halogens is 1. The standard InChI is InChI=1S/C12H15BrO3/c1-4-16-8(2)10-6-5-9(13)7-11(10)12(14)15-3/h5-8H,4H2,1-3H3. The Kier molecular flexibility index (Phi) is 4.96. The molecule has 1 aromatic rings. The highest BCUT2D eigenvalue weighted by Crippen LogP contribution is 2.25. The van der Waals surface area contributed by atoms with E-state index in [1.807, 2.05) is 26.0 Å². The van der Waals surface area contributed by atoms with Gasteiger partial charge in [-0.15, -0.1) is 0 Å². The van der Waals surface area contributed by atoms with Gasteiger partial charge >= 0.3 is 5.97 Å². The lowest BCUT2D eigenvalue weighted by Crippen LogP contribution is -2.10. The third-order valence-corrected chi connectivity index (χ3v) is 2.77. The largest absolute Gasteiger partial charge is 0.465 e. The summed E-state index contributed by atoms with van der Waals surface area (Å²) in [4.78, 5) is 11.6. The minimum absolute atomic E-state index is 0.118. The lowest BCUT2D eigenvalue weighted by atomic mass is 10.0. The molecule has 0 fully saturated rings. The molecule has 0 saturated heterocycles. The summed E-state index contributed by atoms with van der Waals surface area (Å²) in [5.74, 6) is -0.345. The summed E-state index contributed by atoms with van der Waals surface area (Å²) in [5, 5.41) is 0. The Labute approximate surface area is 104 Å². The Morgan fingerprint density at radius 1 is 1.50 bits per heavy atom. The van der Waals surface area contributed by atoms with Crippen molar-refractivity contribution in [2.24, 2.45) is 0 Å². The molecule has 0 N–H and O–H groups in total. The average Bonchev–Trinajstić information content (AvgIpc) is 2.28. The Hall–Kier alpha value is -0.870. The van der Waals surface area contributed by atoms with Gasteiger partial charge in [0, 0.05) is 11.1 Å². The van der Waals surface area contributed by atoms with Crippen molar-refractivity contribution >= 4 is 21.9 Å². The second kappa shape index (κ2) is 6.01. The molecule has 0 amide bonds. The van der Waals surface area contributed by atoms with Crippen LogP contribution in [0.5, 0.6) is 0 Å². The number of esters is 1. The third kappa shape index (κ3) is 3.06. The zero-order valence-electron chi connectivity index (χ0n) is 9.62. The van der Waals surface area contributed by atoms with Gasteiger partial charge in [0.05, 0.1) is 18.8 Å². The van der Waals surface area contributed by atoms with Gasteiger partial charge in [0.25, 0.3) is 0 Å². The van der Waals surface area contributed by atoms with Crippen LogP contribution >= 0.6 is 15.9 Å². The van der Waals surface area contributed by atoms with Gasteiger partial charge in [0.2, 0.25) is 0 Å². The highest BCUT2D eigenvalue weighted by Gasteiger charge is 2.17. The van der Waals surface area contributed by atoms with Gasteiger partial charge in [0.15, 0.2) is 0 Å². The van der Waals surface area contributed by atoms with Crippen LogP contribution in [0.1, 0.15) is 35.9 Å². The maximum atomic E-state index is 11.6. The Balaban J connectivity index is 3.11. The van der Waals surface area contributed by atoms with E-state index in [9.17, 15) is 4.79 Å². The molecule has 0 saturated carbocycles. The number of hydrogen-bond donors (Lipinski definition) is 0. The normalized spacial score (nSPS) is 12.2. The second-order valence-corrected chi connectivity index (χ2v) is 4.24. The van der Waals surface area contributed by atoms with Crippen LogP contribution in [-0.4, -0.2) is 19.7 Å². The van der Waals surface area contributed by atoms with Crippen LogP contribution in [-0.2, 0) is 9.47 Å². The Morgan fingerprint density at radius 2 is 2.19 bits per heavy atom. The Morgan fingerprint density at radius 3 is 2.75 bits per heavy atom. The Bertz CT molecular complexity index is 377. The summed E-state index contributed by atoms with van der Waals surface area (Å²) >= 11 is 3.33. The molecule has 1 unspecified atom stereocenters. The fraction of sp³-hybridized carbons (Fsp3) is 0.417. The van der Waals surface area contributed by atoms with E-state index in [1.165, 1.54) is 7.11 Å². The van der Waals surface area contributed by atoms with Crippen molar-refractivity contribution in [2.45, 2.75) is 20.0 Å². The van der Waals surface area contributed by atoms with Gasteiger partial charge in [-0.3, -0.25) is 0 Å². The van der Waals surface area contributed by atoms with Crippen LogP contribution in [0.25, 0.3) is 0 Å². The van der Waals surface area contributed by atoms with E-state index in [2.05, 4.69) is 15.9 Å². The molecule has 0 radical (unpaired) electrons. The van der Waals surface area contributed by atoms with Gasteiger partial charge in [-0.25, -0.2) is 4.79 Å². The highest BCUT2D eigenvalue weighted by atomic mass is 79.9. The van der Waals surface area contributed by atoms with E-state index >= 15 is 0 Å². The number of benzene rings is 1. The van der Waals surface area contributed by atoms with Crippen LogP contribution in [0.3, 0.4) is 0 Å². The summed E-state index contributed by atoms with van der Waals surface area (Å²) in [5.41, 5.74) is 1.38. The molecule has 0 spiro atoms. The van der Waals surface area contributed by atoms with Gasteiger partial charge < -0.3 is 9.47 Å². The summed E-state index contributed by atoms with van der Waals surface area (Å²) in [6, 6.07) is 5.50. The minimum atomic E-state index is -0.345. The van der Waals surface area contributed by atoms with Crippen molar-refractivity contribution in [2.75, 3.05) is 13.7 Å². The maximum absolute atomic E-state index is 11.6. The number of carbonyl (C=O) groups excluding carboxylic acids is 1. The van der Waals surface area contributed by atoms with E-state index in [1.54, 1.807) is 6.07 Å². The molecular weight excluding hydrogens is 272 g/mol. The topological polar surface area (TPSA) is 35.5 Å². The van der Waals surface area contributed by atoms with E-state index in [0.717, 1.165) is 10.0 Å². The van der Waals surface area contributed by atoms with Crippen molar-refractivity contribution in [3.8, 4) is 0 Å². The zero-order valence-corrected chi connectivity index (χ0v) is 11.2. The molecule has 0 bridgehead atoms. The maximum Gasteiger partial charge on any atom is 0.338 e. The summed E-state index contributed by atoms with van der Waals surface area (Å²) < 4.78 is 11.1. The number of hydrogen-bond acceptors (Lipinski definition) is 3. The van der Waals surface area contributed by atoms with Crippen LogP contribution in [0.2, 0.25) is 0 Å². The molecule has 0 aromatic heterocycles. The molecule has 1 rings (SSSR count). The first-order valence-electron chi connectivity index (χ1n) is 5.09. The predicted octanol–water partition coefficient (Wildman–Crippen LogP) is 3.33. The average molecular weight is 287 g/mol. The molecule has 1 aromatic carbocycles. The lowest BCUT2D eigenvalue weighted by Gasteiger charge is -2.15. The smallest absolute Gasteiger partial charge is 0.338 e. The van der Waals surface area contributed by atoms with Gasteiger partial charge in [-0.1, -0.05) is 22.0 Å². The van der Waals surface area contributed by atoms with Crippen molar-refractivity contribution < 1.29 is 14.3 Å². The molecule has 1 atom stereocenters. The van der Waals surface area contributed by atoms with Crippen molar-refractivity contribution in [1.82, 2.24) is 0 Å². The first-order chi connectivity index (χ1) is 7.60. The third-order valence-electron chi connectivity index (χ3n) is 2.28. The molecular formula is C12H15BrO3. The van der Waals surface area contributed by atoms with E-state index in [-0.39, 0.29) is 12.1 Å². The molecule has 3 nitrogen and oxygen atoms in total. The zero-order chi connectivity index (χ0) is 12.1. The number of carbonyl (C=O) groups is 1. The monoisotopic (exact) mass is 286 g/mol. The number of rotatable bonds is 4. The molecule has 0 heterocycles. The molecule has 0 aliphatic heterocycles. The molecule has 0 aliphatic rings. The number of ether oxygens (including phenoxy) is 2.